The molecule has 0 radical (unpaired) electrons. The number of nitro groups is 1. The van der Waals surface area contributed by atoms with Gasteiger partial charge in [-0.25, -0.2) is 14.2 Å². The number of anilines is 3. The van der Waals surface area contributed by atoms with Crippen LogP contribution >= 0.6 is 0 Å². The standard InChI is InChI=1S/C21H14F4N4O5/c22-13-6-7-16(17(10-13)29(32)33)28-18(30)11-34-20(31)15-5-2-8-26-19(15)27-14-4-1-3-12(9-14)21(23,24)25/h1-10H,11H2,(H,26,27)(H,28,30). The van der Waals surface area contributed by atoms with Gasteiger partial charge in [-0.1, -0.05) is 6.07 Å². The second-order valence-electron chi connectivity index (χ2n) is 6.65. The van der Waals surface area contributed by atoms with Gasteiger partial charge in [0.1, 0.15) is 22.9 Å². The lowest BCUT2D eigenvalue weighted by Gasteiger charge is -2.13. The number of pyridine rings is 1. The molecule has 13 heteroatoms. The molecular formula is C21H14F4N4O5. The maximum atomic E-state index is 13.2. The van der Waals surface area contributed by atoms with Gasteiger partial charge in [0, 0.05) is 11.9 Å². The molecule has 0 aliphatic rings. The van der Waals surface area contributed by atoms with Crippen molar-refractivity contribution in [3.05, 3.63) is 87.9 Å². The Labute approximate surface area is 188 Å². The summed E-state index contributed by atoms with van der Waals surface area (Å²) in [6.45, 7) is -0.856. The first-order chi connectivity index (χ1) is 16.0. The molecule has 0 spiro atoms. The minimum Gasteiger partial charge on any atom is -0.452 e. The van der Waals surface area contributed by atoms with Crippen molar-refractivity contribution in [1.82, 2.24) is 4.98 Å². The maximum absolute atomic E-state index is 13.2. The van der Waals surface area contributed by atoms with E-state index in [-0.39, 0.29) is 22.8 Å². The van der Waals surface area contributed by atoms with Gasteiger partial charge in [0.15, 0.2) is 6.61 Å². The van der Waals surface area contributed by atoms with Crippen LogP contribution in [0.1, 0.15) is 15.9 Å². The fourth-order valence-corrected chi connectivity index (χ4v) is 2.74. The minimum absolute atomic E-state index is 0.00365. The largest absolute Gasteiger partial charge is 0.452 e. The summed E-state index contributed by atoms with van der Waals surface area (Å²) in [5.41, 5.74) is -2.09. The topological polar surface area (TPSA) is 123 Å². The zero-order valence-corrected chi connectivity index (χ0v) is 16.9. The van der Waals surface area contributed by atoms with Crippen molar-refractivity contribution in [2.75, 3.05) is 17.2 Å². The van der Waals surface area contributed by atoms with E-state index in [4.69, 9.17) is 4.74 Å². The fourth-order valence-electron chi connectivity index (χ4n) is 2.74. The van der Waals surface area contributed by atoms with Crippen molar-refractivity contribution in [3.63, 3.8) is 0 Å². The van der Waals surface area contributed by atoms with Crippen LogP contribution in [0, 0.1) is 15.9 Å². The number of nitrogens with zero attached hydrogens (tertiary/aromatic N) is 2. The van der Waals surface area contributed by atoms with E-state index in [2.05, 4.69) is 15.6 Å². The Bertz CT molecular complexity index is 1250. The number of hydrogen-bond donors (Lipinski definition) is 2. The summed E-state index contributed by atoms with van der Waals surface area (Å²) < 4.78 is 56.9. The van der Waals surface area contributed by atoms with E-state index in [1.165, 1.54) is 30.5 Å². The van der Waals surface area contributed by atoms with Crippen LogP contribution < -0.4 is 10.6 Å². The number of benzene rings is 2. The van der Waals surface area contributed by atoms with E-state index in [1.807, 2.05) is 0 Å². The summed E-state index contributed by atoms with van der Waals surface area (Å²) >= 11 is 0. The molecule has 2 N–H and O–H groups in total. The number of aromatic nitrogens is 1. The molecule has 0 fully saturated rings. The summed E-state index contributed by atoms with van der Waals surface area (Å²) in [6.07, 6.45) is -3.29. The number of rotatable bonds is 7. The lowest BCUT2D eigenvalue weighted by Crippen LogP contribution is -2.22. The average molecular weight is 478 g/mol. The molecule has 3 aromatic rings. The number of hydrogen-bond acceptors (Lipinski definition) is 7. The number of amides is 1. The molecule has 0 atom stereocenters. The Kier molecular flexibility index (Phi) is 7.04. The average Bonchev–Trinajstić information content (AvgIpc) is 2.78. The first-order valence-electron chi connectivity index (χ1n) is 9.35. The maximum Gasteiger partial charge on any atom is 0.416 e. The van der Waals surface area contributed by atoms with Crippen molar-refractivity contribution in [2.45, 2.75) is 6.18 Å². The lowest BCUT2D eigenvalue weighted by atomic mass is 10.2. The highest BCUT2D eigenvalue weighted by Crippen LogP contribution is 2.31. The van der Waals surface area contributed by atoms with Gasteiger partial charge in [0.05, 0.1) is 16.6 Å². The van der Waals surface area contributed by atoms with Gasteiger partial charge in [0.25, 0.3) is 11.6 Å². The van der Waals surface area contributed by atoms with Crippen LogP contribution in [-0.4, -0.2) is 28.4 Å². The number of halogens is 4. The van der Waals surface area contributed by atoms with Crippen LogP contribution in [-0.2, 0) is 15.7 Å². The lowest BCUT2D eigenvalue weighted by molar-refractivity contribution is -0.384. The van der Waals surface area contributed by atoms with Crippen LogP contribution in [0.4, 0.5) is 40.4 Å². The van der Waals surface area contributed by atoms with Gasteiger partial charge >= 0.3 is 12.1 Å². The monoisotopic (exact) mass is 478 g/mol. The van der Waals surface area contributed by atoms with E-state index in [9.17, 15) is 37.3 Å². The predicted octanol–water partition coefficient (Wildman–Crippen LogP) is 4.69. The van der Waals surface area contributed by atoms with Crippen LogP contribution in [0.25, 0.3) is 0 Å². The van der Waals surface area contributed by atoms with Crippen molar-refractivity contribution >= 4 is 34.8 Å². The van der Waals surface area contributed by atoms with Crippen molar-refractivity contribution in [1.29, 1.82) is 0 Å². The number of carbonyl (C=O) groups excluding carboxylic acids is 2. The fraction of sp³-hybridized carbons (Fsp3) is 0.0952. The molecule has 1 aromatic heterocycles. The molecule has 176 valence electrons. The number of ether oxygens (including phenoxy) is 1. The van der Waals surface area contributed by atoms with Gasteiger partial charge in [-0.3, -0.25) is 14.9 Å². The highest BCUT2D eigenvalue weighted by atomic mass is 19.4. The van der Waals surface area contributed by atoms with Crippen LogP contribution in [0.5, 0.6) is 0 Å². The number of esters is 1. The first kappa shape index (κ1) is 24.1. The van der Waals surface area contributed by atoms with Crippen LogP contribution in [0.15, 0.2) is 60.8 Å². The van der Waals surface area contributed by atoms with Gasteiger partial charge in [0.2, 0.25) is 0 Å². The third-order valence-corrected chi connectivity index (χ3v) is 4.25. The predicted molar refractivity (Wildman–Crippen MR) is 111 cm³/mol. The third-order valence-electron chi connectivity index (χ3n) is 4.25. The second kappa shape index (κ2) is 9.94. The van der Waals surface area contributed by atoms with Gasteiger partial charge < -0.3 is 15.4 Å². The highest BCUT2D eigenvalue weighted by Gasteiger charge is 2.30. The van der Waals surface area contributed by atoms with Crippen molar-refractivity contribution < 1.29 is 36.8 Å². The zero-order chi connectivity index (χ0) is 24.9. The SMILES string of the molecule is O=C(COC(=O)c1cccnc1Nc1cccc(C(F)(F)F)c1)Nc1ccc(F)cc1[N+](=O)[O-]. The Morgan fingerprint density at radius 1 is 1.09 bits per heavy atom. The molecule has 2 aromatic carbocycles. The molecule has 0 aliphatic heterocycles. The third kappa shape index (κ3) is 6.03. The summed E-state index contributed by atoms with van der Waals surface area (Å²) in [5, 5.41) is 15.7. The number of alkyl halides is 3. The molecule has 3 rings (SSSR count). The Morgan fingerprint density at radius 2 is 1.85 bits per heavy atom. The molecule has 0 saturated heterocycles. The molecule has 1 heterocycles. The van der Waals surface area contributed by atoms with E-state index < -0.39 is 46.7 Å². The highest BCUT2D eigenvalue weighted by molar-refractivity contribution is 5.99. The van der Waals surface area contributed by atoms with Crippen molar-refractivity contribution in [2.24, 2.45) is 0 Å². The Hall–Kier alpha value is -4.55. The normalized spacial score (nSPS) is 10.9. The van der Waals surface area contributed by atoms with E-state index in [0.29, 0.717) is 6.07 Å². The molecule has 0 saturated carbocycles. The van der Waals surface area contributed by atoms with Crippen molar-refractivity contribution in [3.8, 4) is 0 Å². The molecule has 1 amide bonds. The molecular weight excluding hydrogens is 464 g/mol. The van der Waals surface area contributed by atoms with E-state index >= 15 is 0 Å². The quantitative estimate of drug-likeness (QED) is 0.219. The molecule has 0 unspecified atom stereocenters. The molecule has 34 heavy (non-hydrogen) atoms. The van der Waals surface area contributed by atoms with E-state index in [0.717, 1.165) is 24.3 Å². The van der Waals surface area contributed by atoms with Crippen LogP contribution in [0.2, 0.25) is 0 Å². The first-order valence-corrected chi connectivity index (χ1v) is 9.35. The van der Waals surface area contributed by atoms with E-state index in [1.54, 1.807) is 0 Å². The summed E-state index contributed by atoms with van der Waals surface area (Å²) in [5.74, 6) is -2.99. The Morgan fingerprint density at radius 3 is 2.56 bits per heavy atom. The number of nitro benzene ring substituents is 1. The van der Waals surface area contributed by atoms with Gasteiger partial charge in [-0.2, -0.15) is 13.2 Å². The second-order valence-corrected chi connectivity index (χ2v) is 6.65. The Balaban J connectivity index is 1.69. The zero-order valence-electron chi connectivity index (χ0n) is 16.9. The summed E-state index contributed by atoms with van der Waals surface area (Å²) in [4.78, 5) is 38.5. The molecule has 0 bridgehead atoms. The van der Waals surface area contributed by atoms with Gasteiger partial charge in [-0.15, -0.1) is 0 Å². The summed E-state index contributed by atoms with van der Waals surface area (Å²) in [6, 6.07) is 9.34. The van der Waals surface area contributed by atoms with Crippen LogP contribution in [0.3, 0.4) is 0 Å². The minimum atomic E-state index is -4.57. The summed E-state index contributed by atoms with van der Waals surface area (Å²) in [7, 11) is 0. The molecule has 0 aliphatic carbocycles. The molecule has 9 nitrogen and oxygen atoms in total. The number of nitrogens with one attached hydrogen (secondary N) is 2. The smallest absolute Gasteiger partial charge is 0.416 e. The van der Waals surface area contributed by atoms with Gasteiger partial charge in [-0.05, 0) is 42.5 Å². The number of carbonyl (C=O) groups is 2.